The van der Waals surface area contributed by atoms with Crippen LogP contribution in [0.3, 0.4) is 0 Å². The molecule has 0 rings (SSSR count). The summed E-state index contributed by atoms with van der Waals surface area (Å²) in [5.74, 6) is 0.301. The molecule has 0 saturated heterocycles. The molecular weight excluding hydrogens is 214 g/mol. The van der Waals surface area contributed by atoms with Gasteiger partial charge in [0.1, 0.15) is 5.60 Å². The molecule has 15 heavy (non-hydrogen) atoms. The van der Waals surface area contributed by atoms with Crippen molar-refractivity contribution in [2.24, 2.45) is 4.99 Å². The SMILES string of the molecule is CSCCC(N=C=O)C(=O)OC(C)(C)C. The standard InChI is InChI=1S/C10H17NO3S/c1-10(2,3)14-9(13)8(11-7-12)5-6-15-4/h8H,5-6H2,1-4H3. The summed E-state index contributed by atoms with van der Waals surface area (Å²) in [4.78, 5) is 25.1. The van der Waals surface area contributed by atoms with Gasteiger partial charge in [-0.1, -0.05) is 0 Å². The fourth-order valence-corrected chi connectivity index (χ4v) is 1.36. The predicted octanol–water partition coefficient (Wildman–Crippen LogP) is 1.79. The van der Waals surface area contributed by atoms with Crippen LogP contribution in [0.25, 0.3) is 0 Å². The first kappa shape index (κ1) is 14.2. The summed E-state index contributed by atoms with van der Waals surface area (Å²) in [7, 11) is 0. The zero-order chi connectivity index (χ0) is 11.9. The van der Waals surface area contributed by atoms with Crippen molar-refractivity contribution in [3.8, 4) is 0 Å². The summed E-state index contributed by atoms with van der Waals surface area (Å²) < 4.78 is 5.13. The molecule has 5 heteroatoms. The average Bonchev–Trinajstić information content (AvgIpc) is 2.09. The Morgan fingerprint density at radius 3 is 2.53 bits per heavy atom. The Hall–Kier alpha value is -0.800. The van der Waals surface area contributed by atoms with Crippen molar-refractivity contribution >= 4 is 23.8 Å². The largest absolute Gasteiger partial charge is 0.458 e. The Bertz CT molecular complexity index is 254. The van der Waals surface area contributed by atoms with Crippen molar-refractivity contribution in [3.05, 3.63) is 0 Å². The summed E-state index contributed by atoms with van der Waals surface area (Å²) in [6, 6.07) is -0.714. The molecule has 0 fully saturated rings. The topological polar surface area (TPSA) is 55.7 Å². The van der Waals surface area contributed by atoms with E-state index < -0.39 is 17.6 Å². The van der Waals surface area contributed by atoms with Gasteiger partial charge in [-0.3, -0.25) is 0 Å². The molecule has 0 aromatic carbocycles. The van der Waals surface area contributed by atoms with E-state index in [0.717, 1.165) is 5.75 Å². The summed E-state index contributed by atoms with van der Waals surface area (Å²) in [6.45, 7) is 5.34. The lowest BCUT2D eigenvalue weighted by molar-refractivity contribution is -0.156. The van der Waals surface area contributed by atoms with Crippen LogP contribution in [-0.2, 0) is 14.3 Å². The highest BCUT2D eigenvalue weighted by molar-refractivity contribution is 7.98. The van der Waals surface area contributed by atoms with E-state index in [1.165, 1.54) is 6.08 Å². The number of rotatable bonds is 5. The maximum atomic E-state index is 11.6. The molecule has 1 atom stereocenters. The van der Waals surface area contributed by atoms with E-state index in [2.05, 4.69) is 4.99 Å². The maximum absolute atomic E-state index is 11.6. The zero-order valence-electron chi connectivity index (χ0n) is 9.57. The van der Waals surface area contributed by atoms with Gasteiger partial charge >= 0.3 is 5.97 Å². The first-order valence-corrected chi connectivity index (χ1v) is 6.09. The Balaban J connectivity index is 4.35. The summed E-state index contributed by atoms with van der Waals surface area (Å²) >= 11 is 1.59. The minimum atomic E-state index is -0.714. The fourth-order valence-electron chi connectivity index (χ4n) is 0.898. The van der Waals surface area contributed by atoms with Crippen LogP contribution in [0, 0.1) is 0 Å². The van der Waals surface area contributed by atoms with Crippen molar-refractivity contribution in [3.63, 3.8) is 0 Å². The summed E-state index contributed by atoms with van der Waals surface area (Å²) in [5, 5.41) is 0. The van der Waals surface area contributed by atoms with Gasteiger partial charge in [-0.2, -0.15) is 16.8 Å². The van der Waals surface area contributed by atoms with E-state index in [0.29, 0.717) is 6.42 Å². The van der Waals surface area contributed by atoms with E-state index in [9.17, 15) is 9.59 Å². The molecule has 0 saturated carbocycles. The second-order valence-corrected chi connectivity index (χ2v) is 5.04. The number of hydrogen-bond donors (Lipinski definition) is 0. The van der Waals surface area contributed by atoms with Crippen LogP contribution in [0.4, 0.5) is 0 Å². The highest BCUT2D eigenvalue weighted by Crippen LogP contribution is 2.12. The third kappa shape index (κ3) is 7.17. The number of carbonyl (C=O) groups excluding carboxylic acids is 2. The Morgan fingerprint density at radius 1 is 1.53 bits per heavy atom. The lowest BCUT2D eigenvalue weighted by atomic mass is 10.2. The molecule has 0 spiro atoms. The van der Waals surface area contributed by atoms with Gasteiger partial charge in [0.2, 0.25) is 6.08 Å². The number of thioether (sulfide) groups is 1. The van der Waals surface area contributed by atoms with Crippen molar-refractivity contribution < 1.29 is 14.3 Å². The Labute approximate surface area is 94.5 Å². The van der Waals surface area contributed by atoms with Crippen LogP contribution in [-0.4, -0.2) is 35.7 Å². The van der Waals surface area contributed by atoms with Gasteiger partial charge in [0, 0.05) is 0 Å². The monoisotopic (exact) mass is 231 g/mol. The minimum absolute atomic E-state index is 0.458. The van der Waals surface area contributed by atoms with Crippen LogP contribution in [0.5, 0.6) is 0 Å². The quantitative estimate of drug-likeness (QED) is 0.411. The third-order valence-corrected chi connectivity index (χ3v) is 2.13. The molecule has 1 unspecified atom stereocenters. The molecule has 0 heterocycles. The fraction of sp³-hybridized carbons (Fsp3) is 0.800. The minimum Gasteiger partial charge on any atom is -0.458 e. The van der Waals surface area contributed by atoms with Crippen molar-refractivity contribution in [2.45, 2.75) is 38.8 Å². The molecule has 0 bridgehead atoms. The number of nitrogens with zero attached hydrogens (tertiary/aromatic N) is 1. The van der Waals surface area contributed by atoms with E-state index >= 15 is 0 Å². The van der Waals surface area contributed by atoms with Crippen LogP contribution in [0.1, 0.15) is 27.2 Å². The summed E-state index contributed by atoms with van der Waals surface area (Å²) in [6.07, 6.45) is 3.84. The first-order valence-electron chi connectivity index (χ1n) is 4.69. The van der Waals surface area contributed by atoms with Gasteiger partial charge in [-0.25, -0.2) is 9.59 Å². The van der Waals surface area contributed by atoms with Gasteiger partial charge in [-0.15, -0.1) is 0 Å². The summed E-state index contributed by atoms with van der Waals surface area (Å²) in [5.41, 5.74) is -0.549. The van der Waals surface area contributed by atoms with E-state index in [1.807, 2.05) is 6.26 Å². The van der Waals surface area contributed by atoms with Crippen LogP contribution in [0.15, 0.2) is 4.99 Å². The van der Waals surface area contributed by atoms with Crippen molar-refractivity contribution in [1.82, 2.24) is 0 Å². The average molecular weight is 231 g/mol. The lowest BCUT2D eigenvalue weighted by Crippen LogP contribution is -2.31. The maximum Gasteiger partial charge on any atom is 0.332 e. The van der Waals surface area contributed by atoms with Crippen molar-refractivity contribution in [1.29, 1.82) is 0 Å². The van der Waals surface area contributed by atoms with Gasteiger partial charge in [0.15, 0.2) is 6.04 Å². The number of isocyanates is 1. The number of carbonyl (C=O) groups is 1. The van der Waals surface area contributed by atoms with Gasteiger partial charge in [-0.05, 0) is 39.2 Å². The third-order valence-electron chi connectivity index (χ3n) is 1.48. The predicted molar refractivity (Wildman–Crippen MR) is 60.8 cm³/mol. The van der Waals surface area contributed by atoms with Gasteiger partial charge in [0.25, 0.3) is 0 Å². The van der Waals surface area contributed by atoms with Crippen LogP contribution < -0.4 is 0 Å². The molecule has 0 aromatic heterocycles. The number of aliphatic imine (C=N–C) groups is 1. The molecule has 0 aliphatic carbocycles. The highest BCUT2D eigenvalue weighted by atomic mass is 32.2. The van der Waals surface area contributed by atoms with Crippen molar-refractivity contribution in [2.75, 3.05) is 12.0 Å². The second kappa shape index (κ2) is 6.64. The molecule has 4 nitrogen and oxygen atoms in total. The highest BCUT2D eigenvalue weighted by Gasteiger charge is 2.24. The Kier molecular flexibility index (Phi) is 6.29. The molecular formula is C10H17NO3S. The lowest BCUT2D eigenvalue weighted by Gasteiger charge is -2.21. The normalized spacial score (nSPS) is 12.8. The van der Waals surface area contributed by atoms with E-state index in [4.69, 9.17) is 4.74 Å². The Morgan fingerprint density at radius 2 is 2.13 bits per heavy atom. The molecule has 0 radical (unpaired) electrons. The molecule has 0 aliphatic heterocycles. The van der Waals surface area contributed by atoms with E-state index in [1.54, 1.807) is 32.5 Å². The molecule has 0 amide bonds. The number of esters is 1. The second-order valence-electron chi connectivity index (χ2n) is 4.05. The zero-order valence-corrected chi connectivity index (χ0v) is 10.4. The smallest absolute Gasteiger partial charge is 0.332 e. The molecule has 86 valence electrons. The van der Waals surface area contributed by atoms with Crippen LogP contribution in [0.2, 0.25) is 0 Å². The molecule has 0 aromatic rings. The number of ether oxygens (including phenoxy) is 1. The van der Waals surface area contributed by atoms with E-state index in [-0.39, 0.29) is 0 Å². The molecule has 0 N–H and O–H groups in total. The number of hydrogen-bond acceptors (Lipinski definition) is 5. The van der Waals surface area contributed by atoms with Gasteiger partial charge in [0.05, 0.1) is 0 Å². The first-order chi connectivity index (χ1) is 6.90. The molecule has 0 aliphatic rings. The van der Waals surface area contributed by atoms with Crippen LogP contribution >= 0.6 is 11.8 Å². The van der Waals surface area contributed by atoms with Gasteiger partial charge < -0.3 is 4.74 Å².